The van der Waals surface area contributed by atoms with Crippen LogP contribution in [0.2, 0.25) is 0 Å². The SMILES string of the molecule is CC(C)(C)c1nc(N)cc(N2CC3CCCC3C2)n1. The summed E-state index contributed by atoms with van der Waals surface area (Å²) in [5.74, 6) is 4.20. The number of nitrogens with zero attached hydrogens (tertiary/aromatic N) is 3. The molecule has 0 spiro atoms. The highest BCUT2D eigenvalue weighted by atomic mass is 15.2. The second-order valence-corrected chi connectivity index (χ2v) is 7.08. The maximum atomic E-state index is 5.96. The fraction of sp³-hybridized carbons (Fsp3) is 0.733. The van der Waals surface area contributed by atoms with Crippen LogP contribution in [0.4, 0.5) is 11.6 Å². The molecule has 1 saturated carbocycles. The summed E-state index contributed by atoms with van der Waals surface area (Å²) in [5, 5.41) is 0. The van der Waals surface area contributed by atoms with E-state index in [2.05, 4.69) is 30.7 Å². The van der Waals surface area contributed by atoms with Crippen LogP contribution in [0.5, 0.6) is 0 Å². The Morgan fingerprint density at radius 2 is 1.79 bits per heavy atom. The fourth-order valence-electron chi connectivity index (χ4n) is 3.37. The minimum absolute atomic E-state index is 0.0558. The minimum atomic E-state index is -0.0558. The van der Waals surface area contributed by atoms with Gasteiger partial charge in [-0.25, -0.2) is 9.97 Å². The Morgan fingerprint density at radius 1 is 1.16 bits per heavy atom. The molecule has 4 nitrogen and oxygen atoms in total. The second-order valence-electron chi connectivity index (χ2n) is 7.08. The lowest BCUT2D eigenvalue weighted by Gasteiger charge is -2.23. The molecule has 0 radical (unpaired) electrons. The fourth-order valence-corrected chi connectivity index (χ4v) is 3.37. The first kappa shape index (κ1) is 12.7. The largest absolute Gasteiger partial charge is 0.384 e. The molecule has 2 unspecified atom stereocenters. The monoisotopic (exact) mass is 260 g/mol. The number of nitrogens with two attached hydrogens (primary N) is 1. The van der Waals surface area contributed by atoms with Gasteiger partial charge in [-0.15, -0.1) is 0 Å². The Morgan fingerprint density at radius 3 is 2.37 bits per heavy atom. The first-order valence-corrected chi connectivity index (χ1v) is 7.33. The zero-order valence-corrected chi connectivity index (χ0v) is 12.2. The van der Waals surface area contributed by atoms with E-state index in [9.17, 15) is 0 Å². The minimum Gasteiger partial charge on any atom is -0.384 e. The summed E-state index contributed by atoms with van der Waals surface area (Å²) in [5.41, 5.74) is 5.91. The molecule has 2 heterocycles. The number of nitrogen functional groups attached to an aromatic ring is 1. The van der Waals surface area contributed by atoms with Gasteiger partial charge in [0.05, 0.1) is 0 Å². The Hall–Kier alpha value is -1.32. The van der Waals surface area contributed by atoms with Crippen LogP contribution in [0.3, 0.4) is 0 Å². The maximum absolute atomic E-state index is 5.96. The third-order valence-corrected chi connectivity index (χ3v) is 4.45. The summed E-state index contributed by atoms with van der Waals surface area (Å²) in [6.07, 6.45) is 4.17. The van der Waals surface area contributed by atoms with Crippen LogP contribution in [0.15, 0.2) is 6.07 Å². The molecule has 1 aliphatic heterocycles. The zero-order chi connectivity index (χ0) is 13.6. The molecule has 4 heteroatoms. The smallest absolute Gasteiger partial charge is 0.138 e. The van der Waals surface area contributed by atoms with Crippen LogP contribution in [-0.4, -0.2) is 23.1 Å². The van der Waals surface area contributed by atoms with Gasteiger partial charge in [-0.1, -0.05) is 27.2 Å². The highest BCUT2D eigenvalue weighted by molar-refractivity contribution is 5.48. The van der Waals surface area contributed by atoms with E-state index in [1.54, 1.807) is 0 Å². The van der Waals surface area contributed by atoms with Gasteiger partial charge in [-0.05, 0) is 24.7 Å². The van der Waals surface area contributed by atoms with Crippen LogP contribution in [0, 0.1) is 11.8 Å². The quantitative estimate of drug-likeness (QED) is 0.843. The number of aromatic nitrogens is 2. The molecule has 1 aromatic rings. The molecule has 3 rings (SSSR count). The van der Waals surface area contributed by atoms with Crippen LogP contribution in [0.1, 0.15) is 45.9 Å². The van der Waals surface area contributed by atoms with E-state index in [1.807, 2.05) is 6.07 Å². The predicted octanol–water partition coefficient (Wildman–Crippen LogP) is 2.59. The van der Waals surface area contributed by atoms with E-state index in [4.69, 9.17) is 10.7 Å². The topological polar surface area (TPSA) is 55.0 Å². The van der Waals surface area contributed by atoms with Crippen molar-refractivity contribution < 1.29 is 0 Å². The molecule has 2 aliphatic rings. The van der Waals surface area contributed by atoms with E-state index >= 15 is 0 Å². The van der Waals surface area contributed by atoms with Crippen molar-refractivity contribution in [1.82, 2.24) is 9.97 Å². The highest BCUT2D eigenvalue weighted by Crippen LogP contribution is 2.39. The molecule has 0 aromatic carbocycles. The van der Waals surface area contributed by atoms with E-state index in [0.29, 0.717) is 5.82 Å². The third kappa shape index (κ3) is 2.40. The van der Waals surface area contributed by atoms with Gasteiger partial charge in [-0.2, -0.15) is 0 Å². The van der Waals surface area contributed by atoms with Crippen molar-refractivity contribution in [2.45, 2.75) is 45.4 Å². The number of hydrogen-bond acceptors (Lipinski definition) is 4. The van der Waals surface area contributed by atoms with Gasteiger partial charge >= 0.3 is 0 Å². The Labute approximate surface area is 115 Å². The van der Waals surface area contributed by atoms with Crippen LogP contribution in [-0.2, 0) is 5.41 Å². The van der Waals surface area contributed by atoms with Crippen molar-refractivity contribution in [2.24, 2.45) is 11.8 Å². The molecule has 2 atom stereocenters. The van der Waals surface area contributed by atoms with Crippen LogP contribution >= 0.6 is 0 Å². The predicted molar refractivity (Wildman–Crippen MR) is 78.2 cm³/mol. The van der Waals surface area contributed by atoms with E-state index in [-0.39, 0.29) is 5.41 Å². The van der Waals surface area contributed by atoms with Gasteiger partial charge in [0.1, 0.15) is 17.5 Å². The van der Waals surface area contributed by atoms with Gasteiger partial charge in [0.25, 0.3) is 0 Å². The molecule has 1 saturated heterocycles. The maximum Gasteiger partial charge on any atom is 0.138 e. The summed E-state index contributed by atoms with van der Waals surface area (Å²) in [4.78, 5) is 11.5. The van der Waals surface area contributed by atoms with E-state index in [0.717, 1.165) is 36.6 Å². The molecule has 104 valence electrons. The van der Waals surface area contributed by atoms with Gasteiger partial charge < -0.3 is 10.6 Å². The first-order valence-electron chi connectivity index (χ1n) is 7.33. The molecule has 19 heavy (non-hydrogen) atoms. The van der Waals surface area contributed by atoms with Crippen LogP contribution < -0.4 is 10.6 Å². The van der Waals surface area contributed by atoms with Gasteiger partial charge in [0, 0.05) is 24.6 Å². The molecule has 1 aromatic heterocycles. The van der Waals surface area contributed by atoms with Gasteiger partial charge in [-0.3, -0.25) is 0 Å². The summed E-state index contributed by atoms with van der Waals surface area (Å²) < 4.78 is 0. The Balaban J connectivity index is 1.87. The van der Waals surface area contributed by atoms with E-state index < -0.39 is 0 Å². The molecule has 2 fully saturated rings. The molecule has 0 bridgehead atoms. The summed E-state index contributed by atoms with van der Waals surface area (Å²) in [6.45, 7) is 8.67. The molecule has 0 amide bonds. The highest BCUT2D eigenvalue weighted by Gasteiger charge is 2.37. The average Bonchev–Trinajstić information content (AvgIpc) is 2.86. The Bertz CT molecular complexity index is 466. The van der Waals surface area contributed by atoms with Crippen molar-refractivity contribution in [1.29, 1.82) is 0 Å². The van der Waals surface area contributed by atoms with Gasteiger partial charge in [0.2, 0.25) is 0 Å². The molecular formula is C15H24N4. The molecular weight excluding hydrogens is 236 g/mol. The third-order valence-electron chi connectivity index (χ3n) is 4.45. The number of fused-ring (bicyclic) bond motifs is 1. The zero-order valence-electron chi connectivity index (χ0n) is 12.2. The number of hydrogen-bond donors (Lipinski definition) is 1. The van der Waals surface area contributed by atoms with Crippen molar-refractivity contribution in [3.05, 3.63) is 11.9 Å². The molecule has 1 aliphatic carbocycles. The lowest BCUT2D eigenvalue weighted by atomic mass is 9.96. The normalized spacial score (nSPS) is 26.8. The lowest BCUT2D eigenvalue weighted by Crippen LogP contribution is -2.25. The van der Waals surface area contributed by atoms with Gasteiger partial charge in [0.15, 0.2) is 0 Å². The van der Waals surface area contributed by atoms with E-state index in [1.165, 1.54) is 19.3 Å². The second kappa shape index (κ2) is 4.36. The molecule has 2 N–H and O–H groups in total. The van der Waals surface area contributed by atoms with Crippen molar-refractivity contribution in [2.75, 3.05) is 23.7 Å². The summed E-state index contributed by atoms with van der Waals surface area (Å²) in [7, 11) is 0. The lowest BCUT2D eigenvalue weighted by molar-refractivity contribution is 0.494. The summed E-state index contributed by atoms with van der Waals surface area (Å²) >= 11 is 0. The number of anilines is 2. The average molecular weight is 260 g/mol. The summed E-state index contributed by atoms with van der Waals surface area (Å²) in [6, 6.07) is 1.93. The van der Waals surface area contributed by atoms with Crippen molar-refractivity contribution in [3.63, 3.8) is 0 Å². The van der Waals surface area contributed by atoms with Crippen molar-refractivity contribution >= 4 is 11.6 Å². The first-order chi connectivity index (χ1) is 8.93. The number of rotatable bonds is 1. The van der Waals surface area contributed by atoms with Crippen molar-refractivity contribution in [3.8, 4) is 0 Å². The Kier molecular flexibility index (Phi) is 2.91. The standard InChI is InChI=1S/C15H24N4/c1-15(2,3)14-17-12(16)7-13(18-14)19-8-10-5-4-6-11(10)9-19/h7,10-11H,4-6,8-9H2,1-3H3,(H2,16,17,18). The van der Waals surface area contributed by atoms with Crippen LogP contribution in [0.25, 0.3) is 0 Å².